The lowest BCUT2D eigenvalue weighted by atomic mass is 9.95. The molecule has 2 unspecified atom stereocenters. The van der Waals surface area contributed by atoms with Gasteiger partial charge in [0.2, 0.25) is 0 Å². The molecule has 4 nitrogen and oxygen atoms in total. The second kappa shape index (κ2) is 6.76. The largest absolute Gasteiger partial charge is 0.348 e. The molecule has 2 atom stereocenters. The number of carbonyl (C=O) groups excluding carboxylic acids is 1. The van der Waals surface area contributed by atoms with Crippen molar-refractivity contribution in [2.24, 2.45) is 5.92 Å². The number of rotatable bonds is 3. The van der Waals surface area contributed by atoms with Crippen LogP contribution in [0.25, 0.3) is 10.6 Å². The lowest BCUT2D eigenvalue weighted by molar-refractivity contribution is 0.0917. The molecule has 0 radical (unpaired) electrons. The van der Waals surface area contributed by atoms with Crippen LogP contribution in [-0.2, 0) is 0 Å². The Labute approximate surface area is 139 Å². The molecule has 2 heterocycles. The van der Waals surface area contributed by atoms with Crippen LogP contribution in [-0.4, -0.2) is 30.0 Å². The molecule has 1 aromatic heterocycles. The SMILES string of the molecule is Cc1nc(-c2ccc(F)cc2)sc1C(=O)NC1CCNCC1C. The van der Waals surface area contributed by atoms with Crippen molar-refractivity contribution in [1.82, 2.24) is 15.6 Å². The van der Waals surface area contributed by atoms with E-state index in [1.807, 2.05) is 6.92 Å². The van der Waals surface area contributed by atoms with Crippen LogP contribution in [0, 0.1) is 18.7 Å². The Bertz CT molecular complexity index is 698. The minimum atomic E-state index is -0.278. The first kappa shape index (κ1) is 16.1. The molecule has 122 valence electrons. The zero-order valence-corrected chi connectivity index (χ0v) is 14.0. The van der Waals surface area contributed by atoms with Crippen molar-refractivity contribution in [3.8, 4) is 10.6 Å². The summed E-state index contributed by atoms with van der Waals surface area (Å²) in [7, 11) is 0. The first-order valence-corrected chi connectivity index (χ1v) is 8.61. The predicted octanol–water partition coefficient (Wildman–Crippen LogP) is 2.99. The highest BCUT2D eigenvalue weighted by atomic mass is 32.1. The Hall–Kier alpha value is -1.79. The fraction of sp³-hybridized carbons (Fsp3) is 0.412. The molecule has 23 heavy (non-hydrogen) atoms. The number of hydrogen-bond donors (Lipinski definition) is 2. The van der Waals surface area contributed by atoms with E-state index in [0.29, 0.717) is 16.5 Å². The van der Waals surface area contributed by atoms with Crippen LogP contribution < -0.4 is 10.6 Å². The minimum absolute atomic E-state index is 0.0629. The van der Waals surface area contributed by atoms with Gasteiger partial charge in [-0.05, 0) is 56.6 Å². The average Bonchev–Trinajstić information content (AvgIpc) is 2.92. The van der Waals surface area contributed by atoms with Gasteiger partial charge in [-0.2, -0.15) is 0 Å². The summed E-state index contributed by atoms with van der Waals surface area (Å²) in [6, 6.07) is 6.37. The molecule has 1 saturated heterocycles. The zero-order valence-electron chi connectivity index (χ0n) is 13.2. The Balaban J connectivity index is 1.77. The lowest BCUT2D eigenvalue weighted by Crippen LogP contribution is -2.48. The number of aromatic nitrogens is 1. The summed E-state index contributed by atoms with van der Waals surface area (Å²) in [5, 5.41) is 7.20. The number of thiazole rings is 1. The van der Waals surface area contributed by atoms with Gasteiger partial charge in [0.15, 0.2) is 0 Å². The van der Waals surface area contributed by atoms with E-state index in [4.69, 9.17) is 0 Å². The number of halogens is 1. The molecule has 1 aliphatic heterocycles. The van der Waals surface area contributed by atoms with Gasteiger partial charge in [-0.1, -0.05) is 6.92 Å². The third kappa shape index (κ3) is 3.59. The number of hydrogen-bond acceptors (Lipinski definition) is 4. The van der Waals surface area contributed by atoms with Gasteiger partial charge in [0.1, 0.15) is 15.7 Å². The van der Waals surface area contributed by atoms with Crippen molar-refractivity contribution in [3.05, 3.63) is 40.7 Å². The first-order chi connectivity index (χ1) is 11.0. The normalized spacial score (nSPS) is 21.2. The predicted molar refractivity (Wildman–Crippen MR) is 90.1 cm³/mol. The van der Waals surface area contributed by atoms with Gasteiger partial charge in [-0.25, -0.2) is 9.37 Å². The number of carbonyl (C=O) groups is 1. The quantitative estimate of drug-likeness (QED) is 0.908. The van der Waals surface area contributed by atoms with Crippen LogP contribution in [0.1, 0.15) is 28.7 Å². The highest BCUT2D eigenvalue weighted by Gasteiger charge is 2.25. The summed E-state index contributed by atoms with van der Waals surface area (Å²) in [6.45, 7) is 5.83. The van der Waals surface area contributed by atoms with E-state index in [9.17, 15) is 9.18 Å². The summed E-state index contributed by atoms with van der Waals surface area (Å²) >= 11 is 1.36. The Kier molecular flexibility index (Phi) is 4.73. The Morgan fingerprint density at radius 1 is 1.39 bits per heavy atom. The zero-order chi connectivity index (χ0) is 16.4. The summed E-state index contributed by atoms with van der Waals surface area (Å²) in [5.74, 6) is 0.0736. The van der Waals surface area contributed by atoms with Crippen molar-refractivity contribution >= 4 is 17.2 Å². The van der Waals surface area contributed by atoms with E-state index < -0.39 is 0 Å². The molecule has 1 fully saturated rings. The molecule has 1 aliphatic rings. The number of aryl methyl sites for hydroxylation is 1. The van der Waals surface area contributed by atoms with Gasteiger partial charge >= 0.3 is 0 Å². The fourth-order valence-corrected chi connectivity index (χ4v) is 3.76. The van der Waals surface area contributed by atoms with Crippen molar-refractivity contribution in [2.45, 2.75) is 26.3 Å². The maximum absolute atomic E-state index is 13.0. The molecule has 0 bridgehead atoms. The summed E-state index contributed by atoms with van der Waals surface area (Å²) in [6.07, 6.45) is 0.940. The molecule has 6 heteroatoms. The van der Waals surface area contributed by atoms with E-state index in [-0.39, 0.29) is 17.8 Å². The molecule has 3 rings (SSSR count). The number of piperidine rings is 1. The second-order valence-corrected chi connectivity index (χ2v) is 6.99. The van der Waals surface area contributed by atoms with Gasteiger partial charge in [0.25, 0.3) is 5.91 Å². The number of benzene rings is 1. The van der Waals surface area contributed by atoms with E-state index >= 15 is 0 Å². The third-order valence-corrected chi connectivity index (χ3v) is 5.40. The van der Waals surface area contributed by atoms with Crippen LogP contribution in [0.2, 0.25) is 0 Å². The van der Waals surface area contributed by atoms with Gasteiger partial charge in [-0.3, -0.25) is 4.79 Å². The van der Waals surface area contributed by atoms with Crippen LogP contribution in [0.3, 0.4) is 0 Å². The standard InChI is InChI=1S/C17H20FN3OS/c1-10-9-19-8-7-14(10)21-16(22)15-11(2)20-17(23-15)12-3-5-13(18)6-4-12/h3-6,10,14,19H,7-9H2,1-2H3,(H,21,22). The highest BCUT2D eigenvalue weighted by Crippen LogP contribution is 2.28. The monoisotopic (exact) mass is 333 g/mol. The molecule has 0 spiro atoms. The van der Waals surface area contributed by atoms with Gasteiger partial charge < -0.3 is 10.6 Å². The van der Waals surface area contributed by atoms with Crippen LogP contribution in [0.15, 0.2) is 24.3 Å². The molecule has 0 aliphatic carbocycles. The Morgan fingerprint density at radius 3 is 2.83 bits per heavy atom. The van der Waals surface area contributed by atoms with Crippen LogP contribution >= 0.6 is 11.3 Å². The van der Waals surface area contributed by atoms with E-state index in [1.54, 1.807) is 12.1 Å². The second-order valence-electron chi connectivity index (χ2n) is 5.99. The van der Waals surface area contributed by atoms with Crippen molar-refractivity contribution in [2.75, 3.05) is 13.1 Å². The van der Waals surface area contributed by atoms with Crippen molar-refractivity contribution in [3.63, 3.8) is 0 Å². The third-order valence-electron chi connectivity index (χ3n) is 4.20. The minimum Gasteiger partial charge on any atom is -0.348 e. The summed E-state index contributed by atoms with van der Waals surface area (Å²) in [5.41, 5.74) is 1.54. The molecule has 2 N–H and O–H groups in total. The summed E-state index contributed by atoms with van der Waals surface area (Å²) < 4.78 is 13.0. The van der Waals surface area contributed by atoms with Crippen molar-refractivity contribution < 1.29 is 9.18 Å². The van der Waals surface area contributed by atoms with E-state index in [2.05, 4.69) is 22.5 Å². The van der Waals surface area contributed by atoms with E-state index in [0.717, 1.165) is 30.1 Å². The van der Waals surface area contributed by atoms with E-state index in [1.165, 1.54) is 23.5 Å². The maximum atomic E-state index is 13.0. The molecule has 1 aromatic carbocycles. The maximum Gasteiger partial charge on any atom is 0.263 e. The molecule has 2 aromatic rings. The number of nitrogens with zero attached hydrogens (tertiary/aromatic N) is 1. The van der Waals surface area contributed by atoms with Gasteiger partial charge in [0, 0.05) is 11.6 Å². The van der Waals surface area contributed by atoms with Crippen molar-refractivity contribution in [1.29, 1.82) is 0 Å². The van der Waals surface area contributed by atoms with Gasteiger partial charge in [0.05, 0.1) is 5.69 Å². The average molecular weight is 333 g/mol. The molecular formula is C17H20FN3OS. The van der Waals surface area contributed by atoms with Crippen LogP contribution in [0.5, 0.6) is 0 Å². The summed E-state index contributed by atoms with van der Waals surface area (Å²) in [4.78, 5) is 17.7. The number of nitrogens with one attached hydrogen (secondary N) is 2. The molecular weight excluding hydrogens is 313 g/mol. The lowest BCUT2D eigenvalue weighted by Gasteiger charge is -2.30. The topological polar surface area (TPSA) is 54.0 Å². The first-order valence-electron chi connectivity index (χ1n) is 7.79. The number of amides is 1. The molecule has 1 amide bonds. The molecule has 0 saturated carbocycles. The Morgan fingerprint density at radius 2 is 2.13 bits per heavy atom. The van der Waals surface area contributed by atoms with Crippen LogP contribution in [0.4, 0.5) is 4.39 Å². The highest BCUT2D eigenvalue weighted by molar-refractivity contribution is 7.17. The fourth-order valence-electron chi connectivity index (χ4n) is 2.79. The van der Waals surface area contributed by atoms with Gasteiger partial charge in [-0.15, -0.1) is 11.3 Å². The smallest absolute Gasteiger partial charge is 0.263 e.